The third kappa shape index (κ3) is 3.01. The summed E-state index contributed by atoms with van der Waals surface area (Å²) in [7, 11) is 1.78. The summed E-state index contributed by atoms with van der Waals surface area (Å²) >= 11 is 0. The van der Waals surface area contributed by atoms with Gasteiger partial charge in [-0.05, 0) is 19.1 Å². The highest BCUT2D eigenvalue weighted by Crippen LogP contribution is 2.23. The van der Waals surface area contributed by atoms with Crippen molar-refractivity contribution < 1.29 is 9.21 Å². The molecule has 3 heterocycles. The van der Waals surface area contributed by atoms with Crippen molar-refractivity contribution in [3.63, 3.8) is 0 Å². The fraction of sp³-hybridized carbons (Fsp3) is 0.176. The fourth-order valence-corrected chi connectivity index (χ4v) is 2.61. The average Bonchev–Trinajstić information content (AvgIpc) is 3.26. The fourth-order valence-electron chi connectivity index (χ4n) is 2.61. The van der Waals surface area contributed by atoms with E-state index in [-0.39, 0.29) is 12.5 Å². The van der Waals surface area contributed by atoms with Crippen LogP contribution in [0, 0.1) is 6.92 Å². The van der Waals surface area contributed by atoms with Crippen molar-refractivity contribution in [3.8, 4) is 11.5 Å². The monoisotopic (exact) mass is 336 g/mol. The van der Waals surface area contributed by atoms with Gasteiger partial charge in [0.2, 0.25) is 11.8 Å². The number of carbonyl (C=O) groups is 1. The predicted molar refractivity (Wildman–Crippen MR) is 91.8 cm³/mol. The first kappa shape index (κ1) is 15.1. The second kappa shape index (κ2) is 5.90. The van der Waals surface area contributed by atoms with Gasteiger partial charge in [0.25, 0.3) is 0 Å². The molecule has 3 aromatic heterocycles. The van der Waals surface area contributed by atoms with Crippen LogP contribution in [-0.4, -0.2) is 30.5 Å². The minimum absolute atomic E-state index is 0.0878. The normalized spacial score (nSPS) is 11.1. The van der Waals surface area contributed by atoms with Crippen molar-refractivity contribution in [2.24, 2.45) is 7.05 Å². The van der Waals surface area contributed by atoms with E-state index in [9.17, 15) is 4.79 Å². The molecule has 0 aliphatic rings. The molecule has 0 radical (unpaired) electrons. The van der Waals surface area contributed by atoms with Gasteiger partial charge in [0, 0.05) is 19.3 Å². The van der Waals surface area contributed by atoms with E-state index in [1.54, 1.807) is 28.8 Å². The van der Waals surface area contributed by atoms with E-state index in [2.05, 4.69) is 20.5 Å². The Bertz CT molecular complexity index is 1030. The van der Waals surface area contributed by atoms with Crippen LogP contribution in [0.1, 0.15) is 5.69 Å². The van der Waals surface area contributed by atoms with Gasteiger partial charge < -0.3 is 9.73 Å². The largest absolute Gasteiger partial charge is 0.436 e. The van der Waals surface area contributed by atoms with Crippen LogP contribution in [0.3, 0.4) is 0 Å². The number of hydrogen-bond donors (Lipinski definition) is 1. The van der Waals surface area contributed by atoms with Crippen LogP contribution < -0.4 is 5.32 Å². The van der Waals surface area contributed by atoms with Gasteiger partial charge >= 0.3 is 0 Å². The molecular weight excluding hydrogens is 320 g/mol. The van der Waals surface area contributed by atoms with E-state index in [0.717, 1.165) is 22.4 Å². The quantitative estimate of drug-likeness (QED) is 0.618. The van der Waals surface area contributed by atoms with Gasteiger partial charge in [-0.3, -0.25) is 14.2 Å². The highest BCUT2D eigenvalue weighted by Gasteiger charge is 2.12. The molecule has 0 atom stereocenters. The van der Waals surface area contributed by atoms with Gasteiger partial charge in [0.1, 0.15) is 17.9 Å². The average molecular weight is 336 g/mol. The Morgan fingerprint density at radius 1 is 1.32 bits per heavy atom. The highest BCUT2D eigenvalue weighted by molar-refractivity contribution is 5.89. The molecule has 0 aliphatic carbocycles. The molecule has 1 aromatic carbocycles. The molecule has 4 aromatic rings. The Kier molecular flexibility index (Phi) is 3.57. The maximum Gasteiger partial charge on any atom is 0.247 e. The molecule has 8 nitrogen and oxygen atoms in total. The molecule has 8 heteroatoms. The number of aryl methyl sites for hydroxylation is 2. The Morgan fingerprint density at radius 2 is 2.16 bits per heavy atom. The van der Waals surface area contributed by atoms with Crippen molar-refractivity contribution in [3.05, 3.63) is 48.4 Å². The summed E-state index contributed by atoms with van der Waals surface area (Å²) < 4.78 is 8.88. The van der Waals surface area contributed by atoms with Gasteiger partial charge in [0.15, 0.2) is 5.58 Å². The standard InChI is InChI=1S/C17H16N6O2/c1-11-7-15(22(2)21-11)20-16(24)10-23-9-12(8-18-23)17-19-13-5-3-4-6-14(13)25-17/h3-9H,10H2,1-2H3,(H,20,24). The zero-order valence-electron chi connectivity index (χ0n) is 13.8. The number of hydrogen-bond acceptors (Lipinski definition) is 5. The highest BCUT2D eigenvalue weighted by atomic mass is 16.3. The molecule has 4 rings (SSSR count). The minimum Gasteiger partial charge on any atom is -0.436 e. The maximum atomic E-state index is 12.2. The molecule has 1 N–H and O–H groups in total. The summed E-state index contributed by atoms with van der Waals surface area (Å²) in [4.78, 5) is 16.6. The molecule has 0 saturated carbocycles. The number of amides is 1. The van der Waals surface area contributed by atoms with Crippen LogP contribution in [0.25, 0.3) is 22.6 Å². The number of nitrogens with zero attached hydrogens (tertiary/aromatic N) is 5. The van der Waals surface area contributed by atoms with Crippen molar-refractivity contribution >= 4 is 22.8 Å². The number of fused-ring (bicyclic) bond motifs is 1. The summed E-state index contributed by atoms with van der Waals surface area (Å²) in [5.41, 5.74) is 3.07. The molecule has 0 spiro atoms. The lowest BCUT2D eigenvalue weighted by molar-refractivity contribution is -0.116. The van der Waals surface area contributed by atoms with Gasteiger partial charge in [-0.25, -0.2) is 4.98 Å². The summed E-state index contributed by atoms with van der Waals surface area (Å²) in [6, 6.07) is 9.36. The smallest absolute Gasteiger partial charge is 0.247 e. The zero-order valence-corrected chi connectivity index (χ0v) is 13.8. The van der Waals surface area contributed by atoms with Gasteiger partial charge in [-0.1, -0.05) is 12.1 Å². The second-order valence-corrected chi connectivity index (χ2v) is 5.76. The third-order valence-corrected chi connectivity index (χ3v) is 3.75. The SMILES string of the molecule is Cc1cc(NC(=O)Cn2cc(-c3nc4ccccc4o3)cn2)n(C)n1. The van der Waals surface area contributed by atoms with Crippen molar-refractivity contribution in [1.82, 2.24) is 24.5 Å². The number of carbonyl (C=O) groups excluding carboxylic acids is 1. The lowest BCUT2D eigenvalue weighted by atomic mass is 10.3. The third-order valence-electron chi connectivity index (χ3n) is 3.75. The van der Waals surface area contributed by atoms with E-state index in [1.165, 1.54) is 0 Å². The number of nitrogens with one attached hydrogen (secondary N) is 1. The predicted octanol–water partition coefficient (Wildman–Crippen LogP) is 2.37. The molecule has 25 heavy (non-hydrogen) atoms. The van der Waals surface area contributed by atoms with E-state index in [4.69, 9.17) is 4.42 Å². The number of anilines is 1. The van der Waals surface area contributed by atoms with Gasteiger partial charge in [0.05, 0.1) is 17.5 Å². The Labute approximate surface area is 143 Å². The van der Waals surface area contributed by atoms with Gasteiger partial charge in [-0.15, -0.1) is 0 Å². The lowest BCUT2D eigenvalue weighted by Crippen LogP contribution is -2.20. The summed E-state index contributed by atoms with van der Waals surface area (Å²) in [6.07, 6.45) is 3.37. The molecule has 0 saturated heterocycles. The van der Waals surface area contributed by atoms with E-state index in [1.807, 2.05) is 37.3 Å². The Hall–Kier alpha value is -3.42. The number of oxazole rings is 1. The van der Waals surface area contributed by atoms with Crippen LogP contribution >= 0.6 is 0 Å². The van der Waals surface area contributed by atoms with Crippen LogP contribution in [0.2, 0.25) is 0 Å². The maximum absolute atomic E-state index is 12.2. The first-order valence-electron chi connectivity index (χ1n) is 7.77. The number of benzene rings is 1. The first-order chi connectivity index (χ1) is 12.1. The summed E-state index contributed by atoms with van der Waals surface area (Å²) in [5, 5.41) is 11.2. The zero-order chi connectivity index (χ0) is 17.4. The van der Waals surface area contributed by atoms with E-state index >= 15 is 0 Å². The van der Waals surface area contributed by atoms with E-state index in [0.29, 0.717) is 11.7 Å². The van der Waals surface area contributed by atoms with Crippen molar-refractivity contribution in [2.45, 2.75) is 13.5 Å². The Balaban J connectivity index is 1.49. The summed E-state index contributed by atoms with van der Waals surface area (Å²) in [5.74, 6) is 0.944. The molecule has 0 bridgehead atoms. The number of rotatable bonds is 4. The van der Waals surface area contributed by atoms with Crippen molar-refractivity contribution in [2.75, 3.05) is 5.32 Å². The first-order valence-corrected chi connectivity index (χ1v) is 7.77. The Morgan fingerprint density at radius 3 is 2.92 bits per heavy atom. The topological polar surface area (TPSA) is 90.8 Å². The minimum atomic E-state index is -0.185. The molecule has 0 unspecified atom stereocenters. The summed E-state index contributed by atoms with van der Waals surface area (Å²) in [6.45, 7) is 1.96. The molecule has 0 aliphatic heterocycles. The van der Waals surface area contributed by atoms with Gasteiger partial charge in [-0.2, -0.15) is 10.2 Å². The number of aromatic nitrogens is 5. The van der Waals surface area contributed by atoms with Crippen LogP contribution in [-0.2, 0) is 18.4 Å². The number of para-hydroxylation sites is 2. The van der Waals surface area contributed by atoms with E-state index < -0.39 is 0 Å². The molecular formula is C17H16N6O2. The van der Waals surface area contributed by atoms with Crippen LogP contribution in [0.15, 0.2) is 47.1 Å². The van der Waals surface area contributed by atoms with Crippen molar-refractivity contribution in [1.29, 1.82) is 0 Å². The molecule has 1 amide bonds. The molecule has 126 valence electrons. The molecule has 0 fully saturated rings. The van der Waals surface area contributed by atoms with Crippen LogP contribution in [0.4, 0.5) is 5.82 Å². The van der Waals surface area contributed by atoms with Crippen LogP contribution in [0.5, 0.6) is 0 Å². The second-order valence-electron chi connectivity index (χ2n) is 5.76. The lowest BCUT2D eigenvalue weighted by Gasteiger charge is -2.04.